The van der Waals surface area contributed by atoms with E-state index in [1.165, 1.54) is 0 Å². The van der Waals surface area contributed by atoms with Crippen molar-refractivity contribution in [3.05, 3.63) is 0 Å². The molecule has 40 valence electrons. The predicted molar refractivity (Wildman–Crippen MR) is 15.8 cm³/mol. The molecule has 5 N–H and O–H groups in total. The van der Waals surface area contributed by atoms with Gasteiger partial charge in [-0.25, -0.2) is 0 Å². The Kier molecular flexibility index (Phi) is 10.8. The fourth-order valence-electron chi connectivity index (χ4n) is 0. The molecule has 7 heavy (non-hydrogen) atoms. The monoisotopic (exact) mass is 121 g/mol. The summed E-state index contributed by atoms with van der Waals surface area (Å²) >= 11 is 0. The molecular weight excluding hydrogens is 116 g/mol. The minimum absolute atomic E-state index is 0. The largest absolute Gasteiger partial charge is 1.00 e. The zero-order valence-corrected chi connectivity index (χ0v) is 5.01. The maximum Gasteiger partial charge on any atom is 1.00 e. The molecule has 0 saturated carbocycles. The van der Waals surface area contributed by atoms with Crippen molar-refractivity contribution >= 4 is 7.82 Å². The van der Waals surface area contributed by atoms with Crippen molar-refractivity contribution in [3.63, 3.8) is 0 Å². The van der Waals surface area contributed by atoms with Crippen LogP contribution in [0.15, 0.2) is 0 Å². The first kappa shape index (κ1) is 15.6. The van der Waals surface area contributed by atoms with Crippen molar-refractivity contribution in [1.29, 1.82) is 0 Å². The summed E-state index contributed by atoms with van der Waals surface area (Å²) in [6.45, 7) is 0. The van der Waals surface area contributed by atoms with Crippen molar-refractivity contribution in [3.8, 4) is 0 Å². The number of quaternary nitrogens is 1. The van der Waals surface area contributed by atoms with E-state index in [4.69, 9.17) is 19.2 Å². The molecule has 0 aromatic carbocycles. The first-order valence-electron chi connectivity index (χ1n) is 0.748. The third kappa shape index (κ3) is 326. The van der Waals surface area contributed by atoms with Gasteiger partial charge in [-0.15, -0.1) is 0 Å². The van der Waals surface area contributed by atoms with Gasteiger partial charge in [0.25, 0.3) is 0 Å². The molecule has 0 rings (SSSR count). The summed E-state index contributed by atoms with van der Waals surface area (Å²) in [6.07, 6.45) is 0. The van der Waals surface area contributed by atoms with Crippen LogP contribution in [0.4, 0.5) is 0 Å². The Morgan fingerprint density at radius 1 is 1.43 bits per heavy atom. The molecule has 0 fully saturated rings. The van der Waals surface area contributed by atoms with Crippen LogP contribution < -0.4 is 34.8 Å². The Bertz CT molecular complexity index is 57.8. The molecule has 0 heterocycles. The Morgan fingerprint density at radius 3 is 1.43 bits per heavy atom. The van der Waals surface area contributed by atoms with Crippen molar-refractivity contribution < 1.29 is 38.1 Å². The van der Waals surface area contributed by atoms with Gasteiger partial charge < -0.3 is 25.4 Å². The molecule has 0 atom stereocenters. The van der Waals surface area contributed by atoms with Gasteiger partial charge in [0.1, 0.15) is 0 Å². The molecule has 5 nitrogen and oxygen atoms in total. The van der Waals surface area contributed by atoms with E-state index in [1.54, 1.807) is 0 Å². The molecule has 0 saturated heterocycles. The average Bonchev–Trinajstić information content (AvgIpc) is 0.722. The van der Waals surface area contributed by atoms with Crippen LogP contribution in [0.25, 0.3) is 0 Å². The summed E-state index contributed by atoms with van der Waals surface area (Å²) in [5.41, 5.74) is 0. The summed E-state index contributed by atoms with van der Waals surface area (Å²) in [5.74, 6) is 0. The molecule has 0 unspecified atom stereocenters. The first-order chi connectivity index (χ1) is 2.00. The summed E-state index contributed by atoms with van der Waals surface area (Å²) in [7, 11) is -5.14. The van der Waals surface area contributed by atoms with E-state index in [0.29, 0.717) is 0 Å². The molecule has 7 heteroatoms. The molecule has 0 aliphatic carbocycles. The summed E-state index contributed by atoms with van der Waals surface area (Å²) in [5, 5.41) is 0. The maximum absolute atomic E-state index is 8.66. The number of hydrogen-bond donors (Lipinski definition) is 2. The second-order valence-corrected chi connectivity index (χ2v) is 1.41. The summed E-state index contributed by atoms with van der Waals surface area (Å²) in [4.78, 5) is 24.3. The Balaban J connectivity index is -0.0000000800. The second-order valence-electron chi connectivity index (χ2n) is 0.469. The zero-order chi connectivity index (χ0) is 4.50. The Hall–Kier alpha value is 0.667. The van der Waals surface area contributed by atoms with Gasteiger partial charge in [-0.1, -0.05) is 0 Å². The van der Waals surface area contributed by atoms with Gasteiger partial charge in [0.05, 0.1) is 7.82 Å². The van der Waals surface area contributed by atoms with Crippen molar-refractivity contribution in [2.45, 2.75) is 0 Å². The van der Waals surface area contributed by atoms with Crippen molar-refractivity contribution in [2.24, 2.45) is 0 Å². The third-order valence-corrected chi connectivity index (χ3v) is 0. The normalized spacial score (nSPS) is 8.43. The van der Waals surface area contributed by atoms with E-state index < -0.39 is 7.82 Å². The van der Waals surface area contributed by atoms with Gasteiger partial charge >= 0.3 is 18.9 Å². The molecule has 0 aromatic rings. The van der Waals surface area contributed by atoms with E-state index >= 15 is 0 Å². The molecule has 0 aliphatic heterocycles. The minimum atomic E-state index is -5.14. The van der Waals surface area contributed by atoms with Crippen LogP contribution in [0, 0.1) is 0 Å². The van der Waals surface area contributed by atoms with Crippen LogP contribution in [-0.4, -0.2) is 4.89 Å². The van der Waals surface area contributed by atoms with Crippen LogP contribution in [0.2, 0.25) is 0 Å². The van der Waals surface area contributed by atoms with Crippen LogP contribution in [0.3, 0.4) is 0 Å². The van der Waals surface area contributed by atoms with Crippen LogP contribution >= 0.6 is 7.82 Å². The smallest absolute Gasteiger partial charge is 0.790 e. The van der Waals surface area contributed by atoms with Gasteiger partial charge in [0, 0.05) is 0 Å². The van der Waals surface area contributed by atoms with E-state index in [0.717, 1.165) is 0 Å². The van der Waals surface area contributed by atoms with Crippen LogP contribution in [0.5, 0.6) is 0 Å². The first-order valence-corrected chi connectivity index (χ1v) is 2.24. The van der Waals surface area contributed by atoms with Crippen molar-refractivity contribution in [1.82, 2.24) is 6.15 Å². The standard InChI is InChI=1S/Li.H3N.H3O4P/c;;1-5(2,3)4/h;1H3;(H3,1,2,3,4)/q+1;;/p-1. The third-order valence-electron chi connectivity index (χ3n) is 0. The van der Waals surface area contributed by atoms with E-state index in [-0.39, 0.29) is 25.0 Å². The summed E-state index contributed by atoms with van der Waals surface area (Å²) in [6, 6.07) is 0. The van der Waals surface area contributed by atoms with Gasteiger partial charge in [-0.3, -0.25) is 0 Å². The van der Waals surface area contributed by atoms with Crippen LogP contribution in [0.1, 0.15) is 0 Å². The Labute approximate surface area is 52.7 Å². The molecule has 0 radical (unpaired) electrons. The molecular formula is H5LiNO4P. The number of phosphoric acid groups is 1. The molecule has 0 amide bonds. The quantitative estimate of drug-likeness (QED) is 0.246. The fraction of sp³-hybridized carbons (Fsp3) is 0. The van der Waals surface area contributed by atoms with Gasteiger partial charge in [-0.2, -0.15) is 0 Å². The topological polar surface area (TPSA) is 120 Å². The fourth-order valence-corrected chi connectivity index (χ4v) is 0. The second kappa shape index (κ2) is 4.82. The van der Waals surface area contributed by atoms with E-state index in [9.17, 15) is 0 Å². The molecule has 0 aliphatic rings. The van der Waals surface area contributed by atoms with Crippen LogP contribution in [-0.2, 0) is 4.57 Å². The SMILES string of the molecule is O=P([O-])([O-])O.[Li+].[NH4+]. The van der Waals surface area contributed by atoms with E-state index in [2.05, 4.69) is 0 Å². The maximum atomic E-state index is 8.66. The molecule has 0 spiro atoms. The van der Waals surface area contributed by atoms with Gasteiger partial charge in [0.2, 0.25) is 0 Å². The molecule has 0 bridgehead atoms. The number of hydrogen-bond acceptors (Lipinski definition) is 3. The van der Waals surface area contributed by atoms with Gasteiger partial charge in [0.15, 0.2) is 0 Å². The number of rotatable bonds is 0. The molecule has 0 aromatic heterocycles. The van der Waals surface area contributed by atoms with E-state index in [1.807, 2.05) is 0 Å². The minimum Gasteiger partial charge on any atom is -0.790 e. The Morgan fingerprint density at radius 2 is 1.43 bits per heavy atom. The summed E-state index contributed by atoms with van der Waals surface area (Å²) < 4.78 is 8.66. The van der Waals surface area contributed by atoms with Crippen molar-refractivity contribution in [2.75, 3.05) is 0 Å². The van der Waals surface area contributed by atoms with Gasteiger partial charge in [-0.05, 0) is 0 Å². The zero-order valence-electron chi connectivity index (χ0n) is 4.12. The predicted octanol–water partition coefficient (Wildman–Crippen LogP) is -4.81. The average molecular weight is 121 g/mol.